The molecule has 0 bridgehead atoms. The monoisotopic (exact) mass is 841 g/mol. The van der Waals surface area contributed by atoms with Gasteiger partial charge >= 0.3 is 0 Å². The molecule has 3 aliphatic carbocycles. The molecule has 0 heterocycles. The van der Waals surface area contributed by atoms with Crippen molar-refractivity contribution in [1.82, 2.24) is 0 Å². The molecule has 312 valence electrons. The van der Waals surface area contributed by atoms with Gasteiger partial charge in [-0.25, -0.2) is 0 Å². The van der Waals surface area contributed by atoms with Crippen LogP contribution >= 0.6 is 0 Å². The SMILES string of the molecule is CC1(C)c2ccccc2-c2ccc(N(c3ccc4c(c3)-c3ccccc3C4(c3ccccc3)c3ccccc3)c3ccc4c(c3)-c3ccccc3C4(c3ccccc3)c3ccccc3)cc21. The third-order valence-electron chi connectivity index (χ3n) is 15.2. The molecule has 13 rings (SSSR count). The maximum atomic E-state index is 2.52. The molecule has 66 heavy (non-hydrogen) atoms. The van der Waals surface area contributed by atoms with Crippen LogP contribution < -0.4 is 4.90 Å². The molecule has 0 fully saturated rings. The maximum Gasteiger partial charge on any atom is 0.0713 e. The van der Waals surface area contributed by atoms with E-state index in [0.29, 0.717) is 0 Å². The van der Waals surface area contributed by atoms with Crippen molar-refractivity contribution in [1.29, 1.82) is 0 Å². The van der Waals surface area contributed by atoms with E-state index >= 15 is 0 Å². The molecule has 0 saturated carbocycles. The standard InChI is InChI=1S/C65H47N/c1-63(2)57-32-18-15-29-51(57)54-38-35-50(43-62(54)63)66(48-36-39-60-55(41-48)52-30-16-19-33-58(52)64(60,44-21-7-3-8-22-44)45-23-9-4-10-24-45)49-37-40-61-56(42-49)53-31-17-20-34-59(53)65(61,46-25-11-5-12-26-46)47-27-13-6-14-28-47/h3-43H,1-2H3. The van der Waals surface area contributed by atoms with Crippen molar-refractivity contribution in [3.05, 3.63) is 304 Å². The lowest BCUT2D eigenvalue weighted by Crippen LogP contribution is -2.28. The third-order valence-corrected chi connectivity index (χ3v) is 15.2. The summed E-state index contributed by atoms with van der Waals surface area (Å²) in [6, 6.07) is 93.1. The van der Waals surface area contributed by atoms with Gasteiger partial charge in [-0.3, -0.25) is 0 Å². The van der Waals surface area contributed by atoms with Gasteiger partial charge in [0, 0.05) is 22.5 Å². The molecule has 0 aromatic heterocycles. The van der Waals surface area contributed by atoms with Gasteiger partial charge in [-0.1, -0.05) is 226 Å². The molecule has 0 aliphatic heterocycles. The summed E-state index contributed by atoms with van der Waals surface area (Å²) >= 11 is 0. The second-order valence-corrected chi connectivity index (χ2v) is 18.8. The lowest BCUT2D eigenvalue weighted by Gasteiger charge is -2.35. The van der Waals surface area contributed by atoms with E-state index in [1.165, 1.54) is 89.0 Å². The summed E-state index contributed by atoms with van der Waals surface area (Å²) < 4.78 is 0. The van der Waals surface area contributed by atoms with Gasteiger partial charge in [0.2, 0.25) is 0 Å². The second kappa shape index (κ2) is 14.5. The summed E-state index contributed by atoms with van der Waals surface area (Å²) in [6.45, 7) is 4.76. The Kier molecular flexibility index (Phi) is 8.45. The Bertz CT molecular complexity index is 3230. The predicted molar refractivity (Wildman–Crippen MR) is 273 cm³/mol. The van der Waals surface area contributed by atoms with Crippen LogP contribution in [0.4, 0.5) is 17.1 Å². The first kappa shape index (κ1) is 38.5. The van der Waals surface area contributed by atoms with Crippen LogP contribution in [0.15, 0.2) is 249 Å². The molecule has 0 amide bonds. The van der Waals surface area contributed by atoms with Gasteiger partial charge in [0.15, 0.2) is 0 Å². The molecule has 0 atom stereocenters. The highest BCUT2D eigenvalue weighted by molar-refractivity contribution is 5.94. The van der Waals surface area contributed by atoms with Crippen LogP contribution in [-0.2, 0) is 16.2 Å². The van der Waals surface area contributed by atoms with E-state index in [1.807, 2.05) is 0 Å². The minimum atomic E-state index is -0.476. The van der Waals surface area contributed by atoms with Crippen molar-refractivity contribution in [3.63, 3.8) is 0 Å². The van der Waals surface area contributed by atoms with Gasteiger partial charge < -0.3 is 4.90 Å². The molecule has 10 aromatic rings. The van der Waals surface area contributed by atoms with Gasteiger partial charge in [0.25, 0.3) is 0 Å². The van der Waals surface area contributed by atoms with Gasteiger partial charge in [-0.05, 0) is 125 Å². The van der Waals surface area contributed by atoms with E-state index in [1.54, 1.807) is 0 Å². The number of fused-ring (bicyclic) bond motifs is 9. The number of hydrogen-bond donors (Lipinski definition) is 0. The number of benzene rings is 10. The summed E-state index contributed by atoms with van der Waals surface area (Å²) in [6.07, 6.45) is 0. The van der Waals surface area contributed by atoms with Crippen molar-refractivity contribution in [2.75, 3.05) is 4.90 Å². The Morgan fingerprint density at radius 2 is 0.545 bits per heavy atom. The maximum absolute atomic E-state index is 2.52. The third kappa shape index (κ3) is 5.23. The summed E-state index contributed by atoms with van der Waals surface area (Å²) in [4.78, 5) is 2.52. The Labute approximate surface area is 388 Å². The minimum absolute atomic E-state index is 0.155. The summed E-state index contributed by atoms with van der Waals surface area (Å²) in [5, 5.41) is 0. The topological polar surface area (TPSA) is 3.24 Å². The van der Waals surface area contributed by atoms with Gasteiger partial charge in [-0.2, -0.15) is 0 Å². The fraction of sp³-hybridized carbons (Fsp3) is 0.0769. The normalized spacial score (nSPS) is 14.9. The van der Waals surface area contributed by atoms with E-state index in [4.69, 9.17) is 0 Å². The highest BCUT2D eigenvalue weighted by Gasteiger charge is 2.48. The van der Waals surface area contributed by atoms with Crippen LogP contribution in [0.3, 0.4) is 0 Å². The van der Waals surface area contributed by atoms with Gasteiger partial charge in [0.1, 0.15) is 0 Å². The first-order chi connectivity index (χ1) is 32.5. The lowest BCUT2D eigenvalue weighted by atomic mass is 9.67. The molecule has 1 nitrogen and oxygen atoms in total. The lowest BCUT2D eigenvalue weighted by molar-refractivity contribution is 0.660. The van der Waals surface area contributed by atoms with Crippen molar-refractivity contribution >= 4 is 17.1 Å². The molecule has 0 N–H and O–H groups in total. The molecule has 0 saturated heterocycles. The van der Waals surface area contributed by atoms with E-state index in [9.17, 15) is 0 Å². The quantitative estimate of drug-likeness (QED) is 0.155. The van der Waals surface area contributed by atoms with Crippen molar-refractivity contribution in [3.8, 4) is 33.4 Å². The molecule has 1 heteroatoms. The molecule has 0 radical (unpaired) electrons. The zero-order valence-corrected chi connectivity index (χ0v) is 37.1. The van der Waals surface area contributed by atoms with Crippen molar-refractivity contribution < 1.29 is 0 Å². The number of hydrogen-bond acceptors (Lipinski definition) is 1. The Morgan fingerprint density at radius 3 is 0.970 bits per heavy atom. The first-order valence-corrected chi connectivity index (χ1v) is 23.3. The van der Waals surface area contributed by atoms with E-state index < -0.39 is 10.8 Å². The van der Waals surface area contributed by atoms with Crippen LogP contribution in [0, 0.1) is 0 Å². The van der Waals surface area contributed by atoms with Gasteiger partial charge in [-0.15, -0.1) is 0 Å². The predicted octanol–water partition coefficient (Wildman–Crippen LogP) is 16.2. The highest BCUT2D eigenvalue weighted by atomic mass is 15.1. The van der Waals surface area contributed by atoms with E-state index in [2.05, 4.69) is 267 Å². The first-order valence-electron chi connectivity index (χ1n) is 23.3. The fourth-order valence-corrected chi connectivity index (χ4v) is 12.4. The fourth-order valence-electron chi connectivity index (χ4n) is 12.4. The van der Waals surface area contributed by atoms with Crippen LogP contribution in [0.5, 0.6) is 0 Å². The molecule has 3 aliphatic rings. The smallest absolute Gasteiger partial charge is 0.0713 e. The summed E-state index contributed by atoms with van der Waals surface area (Å²) in [7, 11) is 0. The van der Waals surface area contributed by atoms with Gasteiger partial charge in [0.05, 0.1) is 10.8 Å². The zero-order valence-electron chi connectivity index (χ0n) is 37.1. The molecular weight excluding hydrogens is 795 g/mol. The van der Waals surface area contributed by atoms with Crippen LogP contribution in [0.2, 0.25) is 0 Å². The highest BCUT2D eigenvalue weighted by Crippen LogP contribution is 2.60. The Balaban J connectivity index is 1.07. The second-order valence-electron chi connectivity index (χ2n) is 18.8. The summed E-state index contributed by atoms with van der Waals surface area (Å²) in [5.74, 6) is 0. The van der Waals surface area contributed by atoms with Crippen LogP contribution in [-0.4, -0.2) is 0 Å². The van der Waals surface area contributed by atoms with E-state index in [-0.39, 0.29) is 5.41 Å². The molecular formula is C65H47N. The minimum Gasteiger partial charge on any atom is -0.310 e. The zero-order chi connectivity index (χ0) is 44.0. The van der Waals surface area contributed by atoms with Crippen LogP contribution in [0.1, 0.15) is 69.5 Å². The number of nitrogens with zero attached hydrogens (tertiary/aromatic N) is 1. The largest absolute Gasteiger partial charge is 0.310 e. The van der Waals surface area contributed by atoms with E-state index in [0.717, 1.165) is 17.1 Å². The number of rotatable bonds is 7. The molecule has 0 spiro atoms. The van der Waals surface area contributed by atoms with Crippen LogP contribution in [0.25, 0.3) is 33.4 Å². The molecule has 10 aromatic carbocycles. The average Bonchev–Trinajstić information content (AvgIpc) is 3.94. The average molecular weight is 842 g/mol. The van der Waals surface area contributed by atoms with Crippen molar-refractivity contribution in [2.24, 2.45) is 0 Å². The number of anilines is 3. The van der Waals surface area contributed by atoms with Crippen molar-refractivity contribution in [2.45, 2.75) is 30.1 Å². The Morgan fingerprint density at radius 1 is 0.242 bits per heavy atom. The Hall–Kier alpha value is -8.00. The molecule has 0 unspecified atom stereocenters. The summed E-state index contributed by atoms with van der Waals surface area (Å²) in [5.41, 5.74) is 23.0.